The van der Waals surface area contributed by atoms with Crippen molar-refractivity contribution in [3.8, 4) is 0 Å². The van der Waals surface area contributed by atoms with Crippen molar-refractivity contribution < 1.29 is 9.84 Å². The molecule has 0 bridgehead atoms. The van der Waals surface area contributed by atoms with Crippen LogP contribution in [-0.2, 0) is 11.3 Å². The third-order valence-corrected chi connectivity index (χ3v) is 3.54. The molecule has 2 N–H and O–H groups in total. The molecule has 1 rings (SSSR count). The predicted molar refractivity (Wildman–Crippen MR) is 86.8 cm³/mol. The van der Waals surface area contributed by atoms with E-state index in [1.165, 1.54) is 24.8 Å². The van der Waals surface area contributed by atoms with Gasteiger partial charge in [0.05, 0.1) is 12.7 Å². The number of benzene rings is 1. The van der Waals surface area contributed by atoms with Crippen molar-refractivity contribution in [3.63, 3.8) is 0 Å². The topological polar surface area (TPSA) is 41.5 Å². The summed E-state index contributed by atoms with van der Waals surface area (Å²) in [5.74, 6) is 0. The monoisotopic (exact) mass is 343 g/mol. The molecule has 1 aromatic rings. The summed E-state index contributed by atoms with van der Waals surface area (Å²) in [6.07, 6.45) is 4.37. The molecule has 20 heavy (non-hydrogen) atoms. The Bertz CT molecular complexity index is 360. The number of ether oxygens (including phenoxy) is 1. The van der Waals surface area contributed by atoms with Gasteiger partial charge in [-0.1, -0.05) is 54.2 Å². The molecule has 0 aromatic heterocycles. The van der Waals surface area contributed by atoms with E-state index in [-0.39, 0.29) is 0 Å². The molecule has 0 saturated carbocycles. The van der Waals surface area contributed by atoms with Gasteiger partial charge in [0.25, 0.3) is 0 Å². The maximum Gasteiger partial charge on any atom is 0.0897 e. The van der Waals surface area contributed by atoms with Gasteiger partial charge in [0.1, 0.15) is 0 Å². The lowest BCUT2D eigenvalue weighted by Crippen LogP contribution is -2.30. The molecule has 0 aliphatic carbocycles. The van der Waals surface area contributed by atoms with Crippen molar-refractivity contribution in [1.82, 2.24) is 5.32 Å². The van der Waals surface area contributed by atoms with Crippen molar-refractivity contribution in [2.24, 2.45) is 0 Å². The molecule has 1 unspecified atom stereocenters. The lowest BCUT2D eigenvalue weighted by molar-refractivity contribution is 0.0353. The van der Waals surface area contributed by atoms with E-state index >= 15 is 0 Å². The number of rotatable bonds is 11. The number of unbranched alkanes of at least 4 members (excludes halogenated alkanes) is 3. The third kappa shape index (κ3) is 8.69. The van der Waals surface area contributed by atoms with Crippen LogP contribution in [0, 0.1) is 0 Å². The number of hydrogen-bond acceptors (Lipinski definition) is 3. The Labute approximate surface area is 130 Å². The average Bonchev–Trinajstić information content (AvgIpc) is 2.43. The molecule has 0 aliphatic heterocycles. The van der Waals surface area contributed by atoms with E-state index in [1.807, 2.05) is 12.1 Å². The molecule has 1 atom stereocenters. The first-order chi connectivity index (χ1) is 9.72. The van der Waals surface area contributed by atoms with Gasteiger partial charge < -0.3 is 15.2 Å². The molecule has 4 heteroatoms. The normalized spacial score (nSPS) is 12.6. The molecule has 0 heterocycles. The number of aliphatic hydroxyl groups excluding tert-OH is 1. The Hall–Kier alpha value is -0.420. The maximum absolute atomic E-state index is 9.79. The van der Waals surface area contributed by atoms with Gasteiger partial charge in [0.15, 0.2) is 0 Å². The molecular weight excluding hydrogens is 318 g/mol. The quantitative estimate of drug-likeness (QED) is 0.604. The van der Waals surface area contributed by atoms with Crippen molar-refractivity contribution >= 4 is 15.9 Å². The average molecular weight is 344 g/mol. The van der Waals surface area contributed by atoms with Crippen molar-refractivity contribution in [3.05, 3.63) is 34.3 Å². The number of hydrogen-bond donors (Lipinski definition) is 2. The third-order valence-electron chi connectivity index (χ3n) is 3.05. The zero-order chi connectivity index (χ0) is 14.6. The molecule has 0 saturated heterocycles. The smallest absolute Gasteiger partial charge is 0.0897 e. The van der Waals surface area contributed by atoms with E-state index in [9.17, 15) is 5.11 Å². The highest BCUT2D eigenvalue weighted by Crippen LogP contribution is 2.11. The highest BCUT2D eigenvalue weighted by Gasteiger charge is 2.03. The zero-order valence-electron chi connectivity index (χ0n) is 12.3. The fourth-order valence-electron chi connectivity index (χ4n) is 1.94. The number of nitrogens with one attached hydrogen (secondary N) is 1. The first-order valence-electron chi connectivity index (χ1n) is 7.43. The van der Waals surface area contributed by atoms with Crippen LogP contribution in [0.5, 0.6) is 0 Å². The van der Waals surface area contributed by atoms with Gasteiger partial charge in [-0.05, 0) is 24.1 Å². The molecule has 0 radical (unpaired) electrons. The fourth-order valence-corrected chi connectivity index (χ4v) is 2.39. The number of halogens is 1. The summed E-state index contributed by atoms with van der Waals surface area (Å²) in [7, 11) is 0. The van der Waals surface area contributed by atoms with Crippen LogP contribution in [0.3, 0.4) is 0 Å². The summed E-state index contributed by atoms with van der Waals surface area (Å²) in [4.78, 5) is 0. The number of aliphatic hydroxyl groups is 1. The molecule has 114 valence electrons. The Kier molecular flexibility index (Phi) is 9.93. The predicted octanol–water partition coefficient (Wildman–Crippen LogP) is 3.50. The van der Waals surface area contributed by atoms with Gasteiger partial charge in [-0.25, -0.2) is 0 Å². The molecule has 3 nitrogen and oxygen atoms in total. The maximum atomic E-state index is 9.79. The minimum absolute atomic E-state index is 0.414. The van der Waals surface area contributed by atoms with Crippen LogP contribution in [0.25, 0.3) is 0 Å². The summed E-state index contributed by atoms with van der Waals surface area (Å²) in [5.41, 5.74) is 1.20. The van der Waals surface area contributed by atoms with E-state index in [0.717, 1.165) is 24.0 Å². The first-order valence-corrected chi connectivity index (χ1v) is 8.22. The fraction of sp³-hybridized carbons (Fsp3) is 0.625. The van der Waals surface area contributed by atoms with Gasteiger partial charge in [-0.15, -0.1) is 0 Å². The molecular formula is C16H26BrNO2. The second-order valence-corrected chi connectivity index (χ2v) is 5.97. The summed E-state index contributed by atoms with van der Waals surface area (Å²) in [6, 6.07) is 8.15. The minimum Gasteiger partial charge on any atom is -0.389 e. The zero-order valence-corrected chi connectivity index (χ0v) is 13.9. The second kappa shape index (κ2) is 11.3. The minimum atomic E-state index is -0.437. The van der Waals surface area contributed by atoms with Gasteiger partial charge in [-0.2, -0.15) is 0 Å². The van der Waals surface area contributed by atoms with Gasteiger partial charge in [-0.3, -0.25) is 0 Å². The Morgan fingerprint density at radius 2 is 2.15 bits per heavy atom. The van der Waals surface area contributed by atoms with Crippen LogP contribution in [-0.4, -0.2) is 31.0 Å². The summed E-state index contributed by atoms with van der Waals surface area (Å²) >= 11 is 3.45. The van der Waals surface area contributed by atoms with Gasteiger partial charge >= 0.3 is 0 Å². The molecule has 1 aromatic carbocycles. The van der Waals surface area contributed by atoms with Crippen molar-refractivity contribution in [1.29, 1.82) is 0 Å². The summed E-state index contributed by atoms with van der Waals surface area (Å²) in [6.45, 7) is 4.68. The Morgan fingerprint density at radius 1 is 1.30 bits per heavy atom. The van der Waals surface area contributed by atoms with E-state index in [1.54, 1.807) is 0 Å². The van der Waals surface area contributed by atoms with Gasteiger partial charge in [0.2, 0.25) is 0 Å². The first kappa shape index (κ1) is 17.6. The molecule has 0 spiro atoms. The van der Waals surface area contributed by atoms with Crippen LogP contribution in [0.2, 0.25) is 0 Å². The Balaban J connectivity index is 2.01. The molecule has 0 aliphatic rings. The van der Waals surface area contributed by atoms with Crippen LogP contribution < -0.4 is 5.32 Å². The SMILES string of the molecule is CCCCCCOCC(O)CNCc1cccc(Br)c1. The van der Waals surface area contributed by atoms with E-state index in [2.05, 4.69) is 40.3 Å². The Morgan fingerprint density at radius 3 is 2.90 bits per heavy atom. The lowest BCUT2D eigenvalue weighted by atomic mass is 10.2. The standard InChI is InChI=1S/C16H26BrNO2/c1-2-3-4-5-9-20-13-16(19)12-18-11-14-7-6-8-15(17)10-14/h6-8,10,16,18-19H,2-5,9,11-13H2,1H3. The van der Waals surface area contributed by atoms with E-state index in [0.29, 0.717) is 13.2 Å². The highest BCUT2D eigenvalue weighted by molar-refractivity contribution is 9.10. The van der Waals surface area contributed by atoms with Crippen LogP contribution in [0.4, 0.5) is 0 Å². The van der Waals surface area contributed by atoms with Crippen LogP contribution in [0.15, 0.2) is 28.7 Å². The largest absolute Gasteiger partial charge is 0.389 e. The highest BCUT2D eigenvalue weighted by atomic mass is 79.9. The molecule has 0 amide bonds. The summed E-state index contributed by atoms with van der Waals surface area (Å²) in [5, 5.41) is 13.0. The molecule has 0 fully saturated rings. The van der Waals surface area contributed by atoms with E-state index in [4.69, 9.17) is 4.74 Å². The lowest BCUT2D eigenvalue weighted by Gasteiger charge is -2.12. The summed E-state index contributed by atoms with van der Waals surface area (Å²) < 4.78 is 6.54. The van der Waals surface area contributed by atoms with Crippen LogP contribution in [0.1, 0.15) is 38.2 Å². The van der Waals surface area contributed by atoms with Gasteiger partial charge in [0, 0.05) is 24.2 Å². The second-order valence-electron chi connectivity index (χ2n) is 5.05. The van der Waals surface area contributed by atoms with E-state index < -0.39 is 6.10 Å². The van der Waals surface area contributed by atoms with Crippen LogP contribution >= 0.6 is 15.9 Å². The van der Waals surface area contributed by atoms with Crippen molar-refractivity contribution in [2.75, 3.05) is 19.8 Å². The van der Waals surface area contributed by atoms with Crippen molar-refractivity contribution in [2.45, 2.75) is 45.3 Å².